The lowest BCUT2D eigenvalue weighted by Gasteiger charge is -2.02. The fourth-order valence-electron chi connectivity index (χ4n) is 0.638. The number of carbonyl (C=O) groups excluding carboxylic acids is 1. The summed E-state index contributed by atoms with van der Waals surface area (Å²) in [6, 6.07) is 0. The Morgan fingerprint density at radius 3 is 2.29 bits per heavy atom. The molecule has 0 aromatic heterocycles. The van der Waals surface area contributed by atoms with E-state index in [9.17, 15) is 14.4 Å². The number of aliphatic hydroxyl groups is 1. The molecule has 0 saturated heterocycles. The highest BCUT2D eigenvalue weighted by Gasteiger charge is 2.15. The monoisotopic (exact) mass is 203 g/mol. The Labute approximate surface area is 78.7 Å². The molecule has 3 N–H and O–H groups in total. The van der Waals surface area contributed by atoms with E-state index < -0.39 is 30.3 Å². The van der Waals surface area contributed by atoms with Gasteiger partial charge in [-0.1, -0.05) is 0 Å². The first-order chi connectivity index (χ1) is 6.47. The third kappa shape index (κ3) is 4.99. The number of hydrogen-bond acceptors (Lipinski definition) is 5. The molecule has 78 valence electrons. The highest BCUT2D eigenvalue weighted by Crippen LogP contribution is 1.96. The van der Waals surface area contributed by atoms with Crippen molar-refractivity contribution in [3.63, 3.8) is 0 Å². The Hall–Kier alpha value is -1.76. The lowest BCUT2D eigenvalue weighted by atomic mass is 10.2. The minimum atomic E-state index is -1.53. The highest BCUT2D eigenvalue weighted by atomic mass is 16.4. The molecule has 0 bridgehead atoms. The van der Waals surface area contributed by atoms with Gasteiger partial charge >= 0.3 is 11.9 Å². The van der Waals surface area contributed by atoms with Gasteiger partial charge in [0, 0.05) is 6.42 Å². The predicted octanol–water partition coefficient (Wildman–Crippen LogP) is -1.11. The third-order valence-corrected chi connectivity index (χ3v) is 1.18. The standard InChI is InChI=1S/C7H9NO6/c9-2-1-5(10)8-4(7(13)14)3-6(11)12/h2,5,10H,1,3H2,(H,11,12)(H,13,14)/b8-4-. The summed E-state index contributed by atoms with van der Waals surface area (Å²) >= 11 is 0. The van der Waals surface area contributed by atoms with Gasteiger partial charge in [-0.15, -0.1) is 0 Å². The van der Waals surface area contributed by atoms with E-state index in [0.717, 1.165) is 0 Å². The number of aliphatic hydroxyl groups excluding tert-OH is 1. The van der Waals surface area contributed by atoms with E-state index in [1.54, 1.807) is 0 Å². The van der Waals surface area contributed by atoms with Gasteiger partial charge in [0.25, 0.3) is 0 Å². The Morgan fingerprint density at radius 2 is 1.93 bits per heavy atom. The Balaban J connectivity index is 4.54. The third-order valence-electron chi connectivity index (χ3n) is 1.18. The molecule has 0 saturated carbocycles. The molecule has 7 heteroatoms. The highest BCUT2D eigenvalue weighted by molar-refractivity contribution is 6.38. The second kappa shape index (κ2) is 5.81. The molecule has 1 unspecified atom stereocenters. The SMILES string of the molecule is O=CCC(O)/N=C(/CC(=O)O)C(=O)O. The zero-order valence-electron chi connectivity index (χ0n) is 7.08. The molecular weight excluding hydrogens is 194 g/mol. The van der Waals surface area contributed by atoms with Crippen molar-refractivity contribution in [3.8, 4) is 0 Å². The summed E-state index contributed by atoms with van der Waals surface area (Å²) in [5.74, 6) is -2.90. The fraction of sp³-hybridized carbons (Fsp3) is 0.429. The average Bonchev–Trinajstić information content (AvgIpc) is 2.02. The van der Waals surface area contributed by atoms with Crippen LogP contribution in [-0.4, -0.2) is 45.5 Å². The molecule has 0 aliphatic heterocycles. The number of aldehydes is 1. The average molecular weight is 203 g/mol. The topological polar surface area (TPSA) is 124 Å². The first kappa shape index (κ1) is 12.2. The van der Waals surface area contributed by atoms with E-state index in [1.165, 1.54) is 0 Å². The molecule has 0 aliphatic rings. The van der Waals surface area contributed by atoms with Crippen molar-refractivity contribution in [3.05, 3.63) is 0 Å². The normalized spacial score (nSPS) is 13.4. The first-order valence-electron chi connectivity index (χ1n) is 3.60. The molecular formula is C7H9NO6. The van der Waals surface area contributed by atoms with Crippen LogP contribution in [0.1, 0.15) is 12.8 Å². The van der Waals surface area contributed by atoms with Crippen LogP contribution in [0.15, 0.2) is 4.99 Å². The van der Waals surface area contributed by atoms with Crippen molar-refractivity contribution in [2.45, 2.75) is 19.1 Å². The summed E-state index contributed by atoms with van der Waals surface area (Å²) in [5.41, 5.74) is -0.688. The molecule has 0 amide bonds. The van der Waals surface area contributed by atoms with Crippen molar-refractivity contribution in [2.75, 3.05) is 0 Å². The number of hydrogen-bond donors (Lipinski definition) is 3. The Kier molecular flexibility index (Phi) is 5.08. The van der Waals surface area contributed by atoms with E-state index in [1.807, 2.05) is 0 Å². The van der Waals surface area contributed by atoms with Gasteiger partial charge in [-0.2, -0.15) is 0 Å². The molecule has 0 spiro atoms. The molecule has 0 fully saturated rings. The van der Waals surface area contributed by atoms with E-state index in [2.05, 4.69) is 4.99 Å². The van der Waals surface area contributed by atoms with Gasteiger partial charge in [0.2, 0.25) is 0 Å². The Morgan fingerprint density at radius 1 is 1.36 bits per heavy atom. The number of rotatable bonds is 6. The van der Waals surface area contributed by atoms with E-state index in [0.29, 0.717) is 6.29 Å². The van der Waals surface area contributed by atoms with E-state index >= 15 is 0 Å². The van der Waals surface area contributed by atoms with Gasteiger partial charge in [-0.05, 0) is 0 Å². The molecule has 1 atom stereocenters. The van der Waals surface area contributed by atoms with Crippen LogP contribution in [0, 0.1) is 0 Å². The molecule has 0 aromatic rings. The quantitative estimate of drug-likeness (QED) is 0.371. The maximum atomic E-state index is 10.4. The predicted molar refractivity (Wildman–Crippen MR) is 44.0 cm³/mol. The molecule has 0 radical (unpaired) electrons. The van der Waals surface area contributed by atoms with Crippen LogP contribution < -0.4 is 0 Å². The van der Waals surface area contributed by atoms with Crippen LogP contribution >= 0.6 is 0 Å². The zero-order chi connectivity index (χ0) is 11.1. The van der Waals surface area contributed by atoms with Gasteiger partial charge < -0.3 is 20.1 Å². The van der Waals surface area contributed by atoms with Crippen LogP contribution in [0.5, 0.6) is 0 Å². The van der Waals surface area contributed by atoms with Crippen LogP contribution in [0.2, 0.25) is 0 Å². The molecule has 7 nitrogen and oxygen atoms in total. The number of aliphatic imine (C=N–C) groups is 1. The molecule has 0 heterocycles. The van der Waals surface area contributed by atoms with E-state index in [4.69, 9.17) is 15.3 Å². The van der Waals surface area contributed by atoms with Crippen molar-refractivity contribution in [1.82, 2.24) is 0 Å². The summed E-state index contributed by atoms with van der Waals surface area (Å²) in [4.78, 5) is 33.6. The number of aliphatic carboxylic acids is 2. The van der Waals surface area contributed by atoms with Crippen LogP contribution in [0.25, 0.3) is 0 Å². The van der Waals surface area contributed by atoms with Crippen LogP contribution in [-0.2, 0) is 14.4 Å². The smallest absolute Gasteiger partial charge is 0.350 e. The van der Waals surface area contributed by atoms with E-state index in [-0.39, 0.29) is 6.42 Å². The van der Waals surface area contributed by atoms with Crippen molar-refractivity contribution < 1.29 is 29.7 Å². The van der Waals surface area contributed by atoms with Gasteiger partial charge in [-0.25, -0.2) is 4.79 Å². The maximum absolute atomic E-state index is 10.4. The number of nitrogens with zero attached hydrogens (tertiary/aromatic N) is 1. The number of carbonyl (C=O) groups is 3. The van der Waals surface area contributed by atoms with Gasteiger partial charge in [0.05, 0.1) is 6.42 Å². The van der Waals surface area contributed by atoms with Gasteiger partial charge in [-0.3, -0.25) is 9.79 Å². The number of carboxylic acid groups (broad SMARTS) is 2. The summed E-state index contributed by atoms with van der Waals surface area (Å²) in [7, 11) is 0. The maximum Gasteiger partial charge on any atom is 0.350 e. The minimum absolute atomic E-state index is 0.356. The molecule has 14 heavy (non-hydrogen) atoms. The fourth-order valence-corrected chi connectivity index (χ4v) is 0.638. The van der Waals surface area contributed by atoms with Gasteiger partial charge in [0.1, 0.15) is 12.0 Å². The molecule has 0 aliphatic carbocycles. The first-order valence-corrected chi connectivity index (χ1v) is 3.60. The second-order valence-electron chi connectivity index (χ2n) is 2.33. The lowest BCUT2D eigenvalue weighted by molar-refractivity contribution is -0.137. The molecule has 0 aromatic carbocycles. The molecule has 0 rings (SSSR count). The Bertz CT molecular complexity index is 271. The van der Waals surface area contributed by atoms with Crippen LogP contribution in [0.4, 0.5) is 0 Å². The lowest BCUT2D eigenvalue weighted by Crippen LogP contribution is -2.20. The van der Waals surface area contributed by atoms with Crippen molar-refractivity contribution >= 4 is 23.9 Å². The van der Waals surface area contributed by atoms with Crippen LogP contribution in [0.3, 0.4) is 0 Å². The summed E-state index contributed by atoms with van der Waals surface area (Å²) in [6.45, 7) is 0. The van der Waals surface area contributed by atoms with Gasteiger partial charge in [0.15, 0.2) is 6.23 Å². The number of carboxylic acids is 2. The zero-order valence-corrected chi connectivity index (χ0v) is 7.08. The largest absolute Gasteiger partial charge is 0.481 e. The summed E-state index contributed by atoms with van der Waals surface area (Å²) < 4.78 is 0. The summed E-state index contributed by atoms with van der Waals surface area (Å²) in [5, 5.41) is 25.6. The summed E-state index contributed by atoms with van der Waals surface area (Å²) in [6.07, 6.45) is -2.31. The minimum Gasteiger partial charge on any atom is -0.481 e. The second-order valence-corrected chi connectivity index (χ2v) is 2.33. The van der Waals surface area contributed by atoms with Crippen molar-refractivity contribution in [1.29, 1.82) is 0 Å². The van der Waals surface area contributed by atoms with Crippen molar-refractivity contribution in [2.24, 2.45) is 4.99 Å².